The van der Waals surface area contributed by atoms with Crippen molar-refractivity contribution in [3.63, 3.8) is 0 Å². The van der Waals surface area contributed by atoms with Crippen LogP contribution in [0.5, 0.6) is 0 Å². The van der Waals surface area contributed by atoms with Crippen LogP contribution >= 0.6 is 0 Å². The maximum absolute atomic E-state index is 2.38. The van der Waals surface area contributed by atoms with Gasteiger partial charge >= 0.3 is 41.9 Å². The molecule has 0 aliphatic carbocycles. The topological polar surface area (TPSA) is 0 Å². The third-order valence-electron chi connectivity index (χ3n) is 9.21. The van der Waals surface area contributed by atoms with Crippen molar-refractivity contribution in [1.82, 2.24) is 0 Å². The largest absolute Gasteiger partial charge is 1.00 e. The predicted molar refractivity (Wildman–Crippen MR) is 231 cm³/mol. The minimum atomic E-state index is 0. The van der Waals surface area contributed by atoms with Crippen LogP contribution in [0.3, 0.4) is 0 Å². The van der Waals surface area contributed by atoms with Gasteiger partial charge in [-0.05, 0) is 56.8 Å². The molecule has 0 spiro atoms. The molecule has 0 aliphatic rings. The number of rotatable bonds is 4. The first-order chi connectivity index (χ1) is 24.0. The SMILES string of the molecule is CC(C)(C)Cc1cc2c(-c3ccc(C(C)(C)C)cc3)cccc2[cH-]1.CC(C)(C)Cc1cc2c(-c3ccc(C(C)(C)C)cc3)cccc2[cH-]1.C[Si](C)=[Zr+2].[Cl-].[Cl-]. The predicted octanol–water partition coefficient (Wildman–Crippen LogP) is 9.02. The average Bonchev–Trinajstić information content (AvgIpc) is 3.61. The molecule has 0 saturated heterocycles. The molecule has 0 nitrogen and oxygen atoms in total. The van der Waals surface area contributed by atoms with Crippen LogP contribution in [0.15, 0.2) is 109 Å². The molecule has 4 heteroatoms. The molecule has 0 radical (unpaired) electrons. The van der Waals surface area contributed by atoms with Crippen molar-refractivity contribution >= 4 is 27.0 Å². The number of halogens is 2. The van der Waals surface area contributed by atoms with Crippen molar-refractivity contribution in [1.29, 1.82) is 0 Å². The van der Waals surface area contributed by atoms with Crippen molar-refractivity contribution < 1.29 is 48.1 Å². The van der Waals surface area contributed by atoms with Crippen LogP contribution in [-0.2, 0) is 47.0 Å². The minimum Gasteiger partial charge on any atom is -1.00 e. The fourth-order valence-electron chi connectivity index (χ4n) is 6.83. The van der Waals surface area contributed by atoms with Gasteiger partial charge in [0.1, 0.15) is 0 Å². The summed E-state index contributed by atoms with van der Waals surface area (Å²) < 4.78 is 0. The molecule has 0 heterocycles. The Kier molecular flexibility index (Phi) is 17.1. The first-order valence-electron chi connectivity index (χ1n) is 19.1. The van der Waals surface area contributed by atoms with Crippen LogP contribution in [0.2, 0.25) is 13.1 Å². The molecular weight excluding hydrogens is 791 g/mol. The van der Waals surface area contributed by atoms with Crippen LogP contribution in [0.25, 0.3) is 43.8 Å². The molecule has 0 bridgehead atoms. The van der Waals surface area contributed by atoms with E-state index in [1.54, 1.807) is 23.3 Å². The second kappa shape index (κ2) is 19.3. The molecule has 0 aliphatic heterocycles. The van der Waals surface area contributed by atoms with E-state index in [2.05, 4.69) is 205 Å². The van der Waals surface area contributed by atoms with Gasteiger partial charge in [0.05, 0.1) is 0 Å². The smallest absolute Gasteiger partial charge is 1.00 e. The Morgan fingerprint density at radius 3 is 1.04 bits per heavy atom. The van der Waals surface area contributed by atoms with Gasteiger partial charge in [-0.1, -0.05) is 155 Å². The van der Waals surface area contributed by atoms with Crippen LogP contribution in [0.1, 0.15) is 105 Å². The van der Waals surface area contributed by atoms with E-state index in [-0.39, 0.29) is 41.1 Å². The van der Waals surface area contributed by atoms with E-state index in [1.807, 2.05) is 0 Å². The fraction of sp³-hybridized carbons (Fsp3) is 0.400. The van der Waals surface area contributed by atoms with Crippen LogP contribution in [0.4, 0.5) is 0 Å². The van der Waals surface area contributed by atoms with Gasteiger partial charge in [0.25, 0.3) is 0 Å². The molecule has 0 fully saturated rings. The summed E-state index contributed by atoms with van der Waals surface area (Å²) in [6, 6.07) is 40.9. The van der Waals surface area contributed by atoms with Crippen LogP contribution in [-0.4, -0.2) is 5.43 Å². The zero-order valence-corrected chi connectivity index (χ0v) is 40.5. The molecule has 6 aromatic rings. The summed E-state index contributed by atoms with van der Waals surface area (Å²) in [4.78, 5) is 0. The van der Waals surface area contributed by atoms with Crippen molar-refractivity contribution in [2.24, 2.45) is 10.8 Å². The molecular formula is C50H64Cl2SiZr-2. The third kappa shape index (κ3) is 14.1. The van der Waals surface area contributed by atoms with Gasteiger partial charge in [-0.15, -0.1) is 69.1 Å². The summed E-state index contributed by atoms with van der Waals surface area (Å²) in [5.41, 5.74) is 12.2. The second-order valence-corrected chi connectivity index (χ2v) is 28.8. The Labute approximate surface area is 356 Å². The average molecular weight is 855 g/mol. The monoisotopic (exact) mass is 852 g/mol. The maximum atomic E-state index is 2.38. The summed E-state index contributed by atoms with van der Waals surface area (Å²) in [5, 5.41) is 5.46. The quantitative estimate of drug-likeness (QED) is 0.123. The molecule has 6 aromatic carbocycles. The zero-order chi connectivity index (χ0) is 38.6. The van der Waals surface area contributed by atoms with E-state index in [0.29, 0.717) is 10.8 Å². The molecule has 6 rings (SSSR count). The van der Waals surface area contributed by atoms with E-state index < -0.39 is 0 Å². The minimum absolute atomic E-state index is 0. The third-order valence-corrected chi connectivity index (χ3v) is 9.21. The normalized spacial score (nSPS) is 11.9. The van der Waals surface area contributed by atoms with Crippen molar-refractivity contribution in [3.05, 3.63) is 131 Å². The maximum Gasteiger partial charge on any atom is -1.00 e. The number of hydrogen-bond donors (Lipinski definition) is 0. The zero-order valence-electron chi connectivity index (χ0n) is 35.6. The Morgan fingerprint density at radius 1 is 0.481 bits per heavy atom. The van der Waals surface area contributed by atoms with Crippen molar-refractivity contribution in [2.45, 2.75) is 120 Å². The molecule has 54 heavy (non-hydrogen) atoms. The summed E-state index contributed by atoms with van der Waals surface area (Å²) >= 11 is 1.74. The Hall–Kier alpha value is -2.22. The van der Waals surface area contributed by atoms with Gasteiger partial charge in [0.2, 0.25) is 0 Å². The summed E-state index contributed by atoms with van der Waals surface area (Å²) in [7, 11) is 0. The molecule has 0 N–H and O–H groups in total. The van der Waals surface area contributed by atoms with Gasteiger partial charge in [-0.2, -0.15) is 12.1 Å². The molecule has 0 saturated carbocycles. The Bertz CT molecular complexity index is 1930. The first-order valence-corrected chi connectivity index (χ1v) is 25.3. The molecule has 0 amide bonds. The van der Waals surface area contributed by atoms with Gasteiger partial charge in [0, 0.05) is 0 Å². The van der Waals surface area contributed by atoms with Crippen LogP contribution in [0, 0.1) is 10.8 Å². The molecule has 288 valence electrons. The number of benzene rings is 4. The second-order valence-electron chi connectivity index (χ2n) is 19.5. The summed E-state index contributed by atoms with van der Waals surface area (Å²) in [6.07, 6.45) is 2.23. The van der Waals surface area contributed by atoms with Crippen LogP contribution < -0.4 is 24.8 Å². The standard InChI is InChI=1S/2C24H29.C2H6Si.2ClH.Zr/c2*1-23(2,3)16-17-14-19-8-7-9-21(22(19)15-17)18-10-12-20(13-11-18)24(4,5)6;1-3-2;;;/h2*7-15H,16H2,1-6H3;1-2H3;2*1H;/q2*-1;;;;+2/p-2. The van der Waals surface area contributed by atoms with Gasteiger partial charge in [0.15, 0.2) is 0 Å². The van der Waals surface area contributed by atoms with Gasteiger partial charge < -0.3 is 24.8 Å². The van der Waals surface area contributed by atoms with E-state index in [4.69, 9.17) is 0 Å². The molecule has 0 aromatic heterocycles. The van der Waals surface area contributed by atoms with E-state index in [1.165, 1.54) is 66.1 Å². The first kappa shape index (κ1) is 47.9. The number of hydrogen-bond acceptors (Lipinski definition) is 0. The summed E-state index contributed by atoms with van der Waals surface area (Å²) in [6.45, 7) is 32.0. The number of fused-ring (bicyclic) bond motifs is 2. The van der Waals surface area contributed by atoms with E-state index in [9.17, 15) is 0 Å². The fourth-order valence-corrected chi connectivity index (χ4v) is 6.83. The van der Waals surface area contributed by atoms with Gasteiger partial charge in [-0.25, -0.2) is 0 Å². The molecule has 0 unspecified atom stereocenters. The van der Waals surface area contributed by atoms with Gasteiger partial charge in [-0.3, -0.25) is 0 Å². The van der Waals surface area contributed by atoms with E-state index >= 15 is 0 Å². The van der Waals surface area contributed by atoms with Crippen molar-refractivity contribution in [3.8, 4) is 22.3 Å². The van der Waals surface area contributed by atoms with E-state index in [0.717, 1.165) is 12.8 Å². The Balaban J connectivity index is 0.000000329. The Morgan fingerprint density at radius 2 is 0.778 bits per heavy atom. The van der Waals surface area contributed by atoms with Crippen molar-refractivity contribution in [2.75, 3.05) is 0 Å². The molecule has 0 atom stereocenters. The summed E-state index contributed by atoms with van der Waals surface area (Å²) in [5.74, 6) is 0.